The SMILES string of the molecule is O=c1ccc([N+](=O)[O-])cn1Cc1cccc([N+](=O)[O-])c1F. The highest BCUT2D eigenvalue weighted by Crippen LogP contribution is 2.21. The van der Waals surface area contributed by atoms with E-state index in [9.17, 15) is 29.4 Å². The number of nitro groups is 2. The van der Waals surface area contributed by atoms with Gasteiger partial charge in [-0.1, -0.05) is 12.1 Å². The fraction of sp³-hybridized carbons (Fsp3) is 0.0833. The summed E-state index contributed by atoms with van der Waals surface area (Å²) >= 11 is 0. The largest absolute Gasteiger partial charge is 0.305 e. The first-order valence-electron chi connectivity index (χ1n) is 5.67. The lowest BCUT2D eigenvalue weighted by Crippen LogP contribution is -2.20. The number of rotatable bonds is 4. The molecule has 2 rings (SSSR count). The Hall–Kier alpha value is -3.10. The Bertz CT molecular complexity index is 787. The molecule has 0 fully saturated rings. The molecule has 0 radical (unpaired) electrons. The van der Waals surface area contributed by atoms with Gasteiger partial charge in [0, 0.05) is 23.8 Å². The maximum absolute atomic E-state index is 13.9. The van der Waals surface area contributed by atoms with Crippen molar-refractivity contribution in [1.29, 1.82) is 0 Å². The van der Waals surface area contributed by atoms with Gasteiger partial charge in [0.2, 0.25) is 5.82 Å². The summed E-state index contributed by atoms with van der Waals surface area (Å²) in [6.45, 7) is -0.339. The van der Waals surface area contributed by atoms with E-state index in [2.05, 4.69) is 0 Å². The molecule has 1 aromatic heterocycles. The Labute approximate surface area is 116 Å². The molecular weight excluding hydrogens is 285 g/mol. The lowest BCUT2D eigenvalue weighted by molar-refractivity contribution is -0.387. The van der Waals surface area contributed by atoms with Crippen molar-refractivity contribution in [2.24, 2.45) is 0 Å². The van der Waals surface area contributed by atoms with Gasteiger partial charge in [-0.25, -0.2) is 0 Å². The van der Waals surface area contributed by atoms with E-state index < -0.39 is 26.9 Å². The highest BCUT2D eigenvalue weighted by molar-refractivity contribution is 5.37. The van der Waals surface area contributed by atoms with Crippen LogP contribution in [-0.2, 0) is 6.54 Å². The van der Waals surface area contributed by atoms with Crippen molar-refractivity contribution >= 4 is 11.4 Å². The summed E-state index contributed by atoms with van der Waals surface area (Å²) < 4.78 is 14.8. The Kier molecular flexibility index (Phi) is 3.74. The minimum Gasteiger partial charge on any atom is -0.304 e. The molecule has 0 atom stereocenters. The monoisotopic (exact) mass is 293 g/mol. The van der Waals surface area contributed by atoms with Gasteiger partial charge in [-0.05, 0) is 0 Å². The molecule has 0 saturated carbocycles. The normalized spacial score (nSPS) is 10.3. The maximum Gasteiger partial charge on any atom is 0.305 e. The summed E-state index contributed by atoms with van der Waals surface area (Å²) in [5.74, 6) is -1.07. The summed E-state index contributed by atoms with van der Waals surface area (Å²) in [7, 11) is 0. The molecule has 0 spiro atoms. The molecule has 1 heterocycles. The number of nitro benzene ring substituents is 1. The lowest BCUT2D eigenvalue weighted by Gasteiger charge is -2.06. The molecule has 9 heteroatoms. The highest BCUT2D eigenvalue weighted by atomic mass is 19.1. The first-order chi connectivity index (χ1) is 9.90. The quantitative estimate of drug-likeness (QED) is 0.631. The predicted octanol–water partition coefficient (Wildman–Crippen LogP) is 1.85. The van der Waals surface area contributed by atoms with Gasteiger partial charge < -0.3 is 4.57 Å². The standard InChI is InChI=1S/C12H8FN3O5/c13-12-8(2-1-3-10(12)16(20)21)6-14-7-9(15(18)19)4-5-11(14)17/h1-5,7H,6H2. The number of pyridine rings is 1. The van der Waals surface area contributed by atoms with E-state index in [1.807, 2.05) is 0 Å². The molecule has 0 aliphatic carbocycles. The zero-order valence-corrected chi connectivity index (χ0v) is 10.4. The second-order valence-electron chi connectivity index (χ2n) is 4.12. The number of hydrogen-bond acceptors (Lipinski definition) is 5. The molecule has 0 unspecified atom stereocenters. The van der Waals surface area contributed by atoms with Crippen molar-refractivity contribution in [3.63, 3.8) is 0 Å². The van der Waals surface area contributed by atoms with E-state index in [1.165, 1.54) is 12.1 Å². The van der Waals surface area contributed by atoms with Crippen LogP contribution in [0.2, 0.25) is 0 Å². The smallest absolute Gasteiger partial charge is 0.304 e. The van der Waals surface area contributed by atoms with Gasteiger partial charge in [0.1, 0.15) is 0 Å². The van der Waals surface area contributed by atoms with Gasteiger partial charge in [0.15, 0.2) is 0 Å². The van der Waals surface area contributed by atoms with Gasteiger partial charge in [-0.3, -0.25) is 25.0 Å². The summed E-state index contributed by atoms with van der Waals surface area (Å²) in [6.07, 6.45) is 0.959. The van der Waals surface area contributed by atoms with E-state index in [4.69, 9.17) is 0 Å². The third-order valence-electron chi connectivity index (χ3n) is 2.77. The molecule has 21 heavy (non-hydrogen) atoms. The van der Waals surface area contributed by atoms with Crippen LogP contribution in [0.5, 0.6) is 0 Å². The minimum absolute atomic E-state index is 0.105. The fourth-order valence-corrected chi connectivity index (χ4v) is 1.76. The van der Waals surface area contributed by atoms with Crippen LogP contribution in [0.25, 0.3) is 0 Å². The second-order valence-corrected chi connectivity index (χ2v) is 4.12. The van der Waals surface area contributed by atoms with Gasteiger partial charge in [0.25, 0.3) is 11.2 Å². The third-order valence-corrected chi connectivity index (χ3v) is 2.77. The molecule has 2 aromatic rings. The molecule has 0 aliphatic rings. The topological polar surface area (TPSA) is 108 Å². The van der Waals surface area contributed by atoms with Gasteiger partial charge in [0.05, 0.1) is 22.6 Å². The van der Waals surface area contributed by atoms with Crippen LogP contribution < -0.4 is 5.56 Å². The number of nitrogens with zero attached hydrogens (tertiary/aromatic N) is 3. The molecule has 0 saturated heterocycles. The lowest BCUT2D eigenvalue weighted by atomic mass is 10.2. The Morgan fingerprint density at radius 2 is 1.81 bits per heavy atom. The Morgan fingerprint density at radius 1 is 1.10 bits per heavy atom. The molecule has 0 bridgehead atoms. The van der Waals surface area contributed by atoms with Crippen molar-refractivity contribution < 1.29 is 14.2 Å². The van der Waals surface area contributed by atoms with Crippen molar-refractivity contribution in [3.05, 3.63) is 78.5 Å². The number of halogens is 1. The van der Waals surface area contributed by atoms with Gasteiger partial charge in [-0.15, -0.1) is 0 Å². The van der Waals surface area contributed by atoms with Crippen LogP contribution in [0.15, 0.2) is 41.3 Å². The van der Waals surface area contributed by atoms with E-state index in [-0.39, 0.29) is 17.8 Å². The molecule has 0 amide bonds. The fourth-order valence-electron chi connectivity index (χ4n) is 1.76. The number of aromatic nitrogens is 1. The van der Waals surface area contributed by atoms with Gasteiger partial charge in [-0.2, -0.15) is 4.39 Å². The summed E-state index contributed by atoms with van der Waals surface area (Å²) in [4.78, 5) is 31.3. The van der Waals surface area contributed by atoms with Crippen molar-refractivity contribution in [2.45, 2.75) is 6.54 Å². The molecule has 0 N–H and O–H groups in total. The molecule has 0 aliphatic heterocycles. The van der Waals surface area contributed by atoms with Crippen LogP contribution in [0, 0.1) is 26.0 Å². The molecule has 8 nitrogen and oxygen atoms in total. The third kappa shape index (κ3) is 2.91. The summed E-state index contributed by atoms with van der Waals surface area (Å²) in [5, 5.41) is 21.3. The van der Waals surface area contributed by atoms with Crippen molar-refractivity contribution in [2.75, 3.05) is 0 Å². The zero-order chi connectivity index (χ0) is 15.6. The average Bonchev–Trinajstić information content (AvgIpc) is 2.42. The van der Waals surface area contributed by atoms with Crippen LogP contribution in [0.4, 0.5) is 15.8 Å². The second kappa shape index (κ2) is 5.49. The van der Waals surface area contributed by atoms with Crippen LogP contribution in [0.3, 0.4) is 0 Å². The molecule has 1 aromatic carbocycles. The van der Waals surface area contributed by atoms with E-state index >= 15 is 0 Å². The van der Waals surface area contributed by atoms with E-state index in [0.29, 0.717) is 0 Å². The predicted molar refractivity (Wildman–Crippen MR) is 69.5 cm³/mol. The maximum atomic E-state index is 13.9. The minimum atomic E-state index is -1.07. The van der Waals surface area contributed by atoms with Crippen molar-refractivity contribution in [3.8, 4) is 0 Å². The first-order valence-corrected chi connectivity index (χ1v) is 5.67. The van der Waals surface area contributed by atoms with Crippen molar-refractivity contribution in [1.82, 2.24) is 4.57 Å². The zero-order valence-electron chi connectivity index (χ0n) is 10.4. The summed E-state index contributed by atoms with van der Waals surface area (Å²) in [6, 6.07) is 5.55. The van der Waals surface area contributed by atoms with Crippen LogP contribution in [0.1, 0.15) is 5.56 Å². The number of hydrogen-bond donors (Lipinski definition) is 0. The van der Waals surface area contributed by atoms with Crippen LogP contribution >= 0.6 is 0 Å². The Morgan fingerprint density at radius 3 is 2.43 bits per heavy atom. The van der Waals surface area contributed by atoms with E-state index in [1.54, 1.807) is 0 Å². The highest BCUT2D eigenvalue weighted by Gasteiger charge is 2.18. The Balaban J connectivity index is 2.46. The summed E-state index contributed by atoms with van der Waals surface area (Å²) in [5.41, 5.74) is -1.73. The van der Waals surface area contributed by atoms with Crippen LogP contribution in [-0.4, -0.2) is 14.4 Å². The van der Waals surface area contributed by atoms with E-state index in [0.717, 1.165) is 29.0 Å². The molecule has 108 valence electrons. The number of benzene rings is 1. The average molecular weight is 293 g/mol. The van der Waals surface area contributed by atoms with Gasteiger partial charge >= 0.3 is 5.69 Å². The molecular formula is C12H8FN3O5. The first kappa shape index (κ1) is 14.3.